The normalized spacial score (nSPS) is 23.3. The number of benzene rings is 1. The van der Waals surface area contributed by atoms with E-state index in [0.717, 1.165) is 37.7 Å². The predicted molar refractivity (Wildman–Crippen MR) is 128 cm³/mol. The molecular formula is C25H41ClN2O2. The first-order valence-corrected chi connectivity index (χ1v) is 11.7. The molecule has 1 saturated carbocycles. The van der Waals surface area contributed by atoms with Gasteiger partial charge >= 0.3 is 0 Å². The van der Waals surface area contributed by atoms with Crippen LogP contribution in [0.25, 0.3) is 0 Å². The molecule has 0 amide bonds. The maximum atomic E-state index is 5.79. The van der Waals surface area contributed by atoms with Crippen LogP contribution in [0.4, 0.5) is 5.69 Å². The lowest BCUT2D eigenvalue weighted by molar-refractivity contribution is 0.0969. The smallest absolute Gasteiger partial charge is 0.231 e. The Bertz CT molecular complexity index is 710. The van der Waals surface area contributed by atoms with E-state index in [1.54, 1.807) is 0 Å². The van der Waals surface area contributed by atoms with Gasteiger partial charge in [0.2, 0.25) is 6.79 Å². The zero-order valence-electron chi connectivity index (χ0n) is 19.6. The summed E-state index contributed by atoms with van der Waals surface area (Å²) >= 11 is 0. The van der Waals surface area contributed by atoms with E-state index in [1.165, 1.54) is 49.9 Å². The van der Waals surface area contributed by atoms with E-state index in [9.17, 15) is 0 Å². The van der Waals surface area contributed by atoms with Gasteiger partial charge in [0.25, 0.3) is 0 Å². The molecule has 4 nitrogen and oxygen atoms in total. The maximum absolute atomic E-state index is 5.79. The highest BCUT2D eigenvalue weighted by Crippen LogP contribution is 2.54. The van der Waals surface area contributed by atoms with Gasteiger partial charge in [0, 0.05) is 37.9 Å². The third kappa shape index (κ3) is 5.19. The summed E-state index contributed by atoms with van der Waals surface area (Å²) in [5.41, 5.74) is 3.62. The fraction of sp³-hybridized carbons (Fsp3) is 0.760. The standard InChI is InChI=1S/C25H40N2O2.ClH/c1-6-7-8-26-9-11-27(12-10-26)21-14-23-22(28-18-29-23)13-20(21)19-15-24(2,3)17-25(4,5)16-19;/h13-14,19H,6-12,15-18H2,1-5H3;1H. The van der Waals surface area contributed by atoms with E-state index in [0.29, 0.717) is 23.5 Å². The van der Waals surface area contributed by atoms with Crippen LogP contribution in [0.15, 0.2) is 12.1 Å². The first-order chi connectivity index (χ1) is 13.8. The van der Waals surface area contributed by atoms with Crippen LogP contribution in [0, 0.1) is 10.8 Å². The van der Waals surface area contributed by atoms with Crippen molar-refractivity contribution in [1.82, 2.24) is 4.90 Å². The molecule has 0 radical (unpaired) electrons. The minimum Gasteiger partial charge on any atom is -0.454 e. The van der Waals surface area contributed by atoms with Gasteiger partial charge in [0.1, 0.15) is 0 Å². The van der Waals surface area contributed by atoms with Crippen LogP contribution in [-0.2, 0) is 0 Å². The third-order valence-electron chi connectivity index (χ3n) is 7.06. The van der Waals surface area contributed by atoms with E-state index < -0.39 is 0 Å². The molecule has 2 aliphatic heterocycles. The Morgan fingerprint density at radius 3 is 2.13 bits per heavy atom. The van der Waals surface area contributed by atoms with Crippen molar-refractivity contribution in [3.8, 4) is 11.5 Å². The number of rotatable bonds is 5. The SMILES string of the molecule is CCCCN1CCN(c2cc3c(cc2C2CC(C)(C)CC(C)(C)C2)OCO3)CC1.Cl. The molecular weight excluding hydrogens is 396 g/mol. The van der Waals surface area contributed by atoms with Crippen LogP contribution in [-0.4, -0.2) is 44.4 Å². The third-order valence-corrected chi connectivity index (χ3v) is 7.06. The second-order valence-corrected chi connectivity index (χ2v) is 11.1. The molecule has 5 heteroatoms. The highest BCUT2D eigenvalue weighted by Gasteiger charge is 2.40. The van der Waals surface area contributed by atoms with Gasteiger partial charge in [0.15, 0.2) is 11.5 Å². The van der Waals surface area contributed by atoms with Crippen LogP contribution in [0.5, 0.6) is 11.5 Å². The minimum absolute atomic E-state index is 0. The topological polar surface area (TPSA) is 24.9 Å². The molecule has 1 aromatic carbocycles. The number of nitrogens with zero attached hydrogens (tertiary/aromatic N) is 2. The van der Waals surface area contributed by atoms with Gasteiger partial charge in [-0.3, -0.25) is 4.90 Å². The second-order valence-electron chi connectivity index (χ2n) is 11.1. The van der Waals surface area contributed by atoms with Gasteiger partial charge in [-0.2, -0.15) is 0 Å². The molecule has 4 rings (SSSR count). The number of hydrogen-bond acceptors (Lipinski definition) is 4. The van der Waals surface area contributed by atoms with Gasteiger partial charge in [-0.25, -0.2) is 0 Å². The van der Waals surface area contributed by atoms with E-state index in [2.05, 4.69) is 56.6 Å². The summed E-state index contributed by atoms with van der Waals surface area (Å²) in [7, 11) is 0. The molecule has 1 aliphatic carbocycles. The van der Waals surface area contributed by atoms with Gasteiger partial charge < -0.3 is 14.4 Å². The van der Waals surface area contributed by atoms with Gasteiger partial charge in [-0.05, 0) is 60.6 Å². The van der Waals surface area contributed by atoms with E-state index >= 15 is 0 Å². The van der Waals surface area contributed by atoms with E-state index in [-0.39, 0.29) is 12.4 Å². The molecule has 0 bridgehead atoms. The first-order valence-electron chi connectivity index (χ1n) is 11.7. The molecule has 0 aromatic heterocycles. The zero-order chi connectivity index (χ0) is 20.6. The molecule has 0 unspecified atom stereocenters. The number of anilines is 1. The van der Waals surface area contributed by atoms with Gasteiger partial charge in [-0.15, -0.1) is 12.4 Å². The summed E-state index contributed by atoms with van der Waals surface area (Å²) in [5, 5.41) is 0. The van der Waals surface area contributed by atoms with E-state index in [4.69, 9.17) is 9.47 Å². The van der Waals surface area contributed by atoms with Crippen LogP contribution in [0.3, 0.4) is 0 Å². The van der Waals surface area contributed by atoms with Crippen LogP contribution in [0.2, 0.25) is 0 Å². The van der Waals surface area contributed by atoms with Crippen molar-refractivity contribution in [2.75, 3.05) is 44.4 Å². The fourth-order valence-corrected chi connectivity index (χ4v) is 6.21. The number of unbranched alkanes of at least 4 members (excludes halogenated alkanes) is 1. The first kappa shape index (κ1) is 23.5. The highest BCUT2D eigenvalue weighted by molar-refractivity contribution is 5.85. The maximum Gasteiger partial charge on any atom is 0.231 e. The number of hydrogen-bond donors (Lipinski definition) is 0. The number of ether oxygens (including phenoxy) is 2. The molecule has 1 aromatic rings. The summed E-state index contributed by atoms with van der Waals surface area (Å²) in [6.45, 7) is 18.2. The lowest BCUT2D eigenvalue weighted by Gasteiger charge is -2.46. The molecule has 170 valence electrons. The van der Waals surface area contributed by atoms with Crippen molar-refractivity contribution in [3.05, 3.63) is 17.7 Å². The fourth-order valence-electron chi connectivity index (χ4n) is 6.21. The Kier molecular flexibility index (Phi) is 7.18. The molecule has 30 heavy (non-hydrogen) atoms. The molecule has 0 N–H and O–H groups in total. The van der Waals surface area contributed by atoms with Crippen LogP contribution >= 0.6 is 12.4 Å². The van der Waals surface area contributed by atoms with Crippen LogP contribution < -0.4 is 14.4 Å². The monoisotopic (exact) mass is 436 g/mol. The quantitative estimate of drug-likeness (QED) is 0.558. The van der Waals surface area contributed by atoms with Crippen molar-refractivity contribution in [1.29, 1.82) is 0 Å². The van der Waals surface area contributed by atoms with Crippen molar-refractivity contribution in [2.24, 2.45) is 10.8 Å². The van der Waals surface area contributed by atoms with Crippen molar-refractivity contribution in [3.63, 3.8) is 0 Å². The number of piperazine rings is 1. The summed E-state index contributed by atoms with van der Waals surface area (Å²) in [6, 6.07) is 4.58. The summed E-state index contributed by atoms with van der Waals surface area (Å²) in [5.74, 6) is 2.44. The van der Waals surface area contributed by atoms with Gasteiger partial charge in [0.05, 0.1) is 0 Å². The lowest BCUT2D eigenvalue weighted by atomic mass is 9.60. The molecule has 0 spiro atoms. The molecule has 0 atom stereocenters. The van der Waals surface area contributed by atoms with Crippen molar-refractivity contribution >= 4 is 18.1 Å². The average Bonchev–Trinajstić information content (AvgIpc) is 3.11. The largest absolute Gasteiger partial charge is 0.454 e. The average molecular weight is 437 g/mol. The zero-order valence-corrected chi connectivity index (χ0v) is 20.4. The molecule has 3 aliphatic rings. The minimum atomic E-state index is 0. The summed E-state index contributed by atoms with van der Waals surface area (Å²) in [6.07, 6.45) is 6.38. The Morgan fingerprint density at radius 2 is 1.53 bits per heavy atom. The molecule has 2 fully saturated rings. The Balaban J connectivity index is 0.00000256. The molecule has 2 heterocycles. The Morgan fingerprint density at radius 1 is 0.933 bits per heavy atom. The van der Waals surface area contributed by atoms with E-state index in [1.807, 2.05) is 0 Å². The van der Waals surface area contributed by atoms with Crippen LogP contribution in [0.1, 0.15) is 78.2 Å². The Labute approximate surface area is 189 Å². The van der Waals surface area contributed by atoms with Crippen molar-refractivity contribution in [2.45, 2.75) is 72.6 Å². The number of fused-ring (bicyclic) bond motifs is 1. The van der Waals surface area contributed by atoms with Gasteiger partial charge in [-0.1, -0.05) is 41.0 Å². The Hall–Kier alpha value is -1.13. The molecule has 1 saturated heterocycles. The summed E-state index contributed by atoms with van der Waals surface area (Å²) < 4.78 is 11.6. The predicted octanol–water partition coefficient (Wildman–Crippen LogP) is 6.08. The second kappa shape index (κ2) is 9.16. The summed E-state index contributed by atoms with van der Waals surface area (Å²) in [4.78, 5) is 5.23. The lowest BCUT2D eigenvalue weighted by Crippen LogP contribution is -2.47. The number of halogens is 1. The highest BCUT2D eigenvalue weighted by atomic mass is 35.5. The van der Waals surface area contributed by atoms with Crippen molar-refractivity contribution < 1.29 is 9.47 Å².